The standard InChI is InChI=1S/C23H23ClN2O3/c1-28-18-11-7-16(8-12-18)23(17-9-13-19(29-2)14-10-17)26-22(27)15-25-21-6-4-3-5-20(21)24/h3-14,23,25H,15H2,1-2H3,(H,26,27). The highest BCUT2D eigenvalue weighted by atomic mass is 35.5. The number of hydrogen-bond acceptors (Lipinski definition) is 4. The molecule has 29 heavy (non-hydrogen) atoms. The molecule has 0 radical (unpaired) electrons. The first-order chi connectivity index (χ1) is 14.1. The lowest BCUT2D eigenvalue weighted by Crippen LogP contribution is -2.34. The predicted molar refractivity (Wildman–Crippen MR) is 116 cm³/mol. The van der Waals surface area contributed by atoms with E-state index in [9.17, 15) is 4.79 Å². The van der Waals surface area contributed by atoms with Crippen LogP contribution in [0.5, 0.6) is 11.5 Å². The Kier molecular flexibility index (Phi) is 6.98. The summed E-state index contributed by atoms with van der Waals surface area (Å²) in [5.74, 6) is 1.37. The van der Waals surface area contributed by atoms with Crippen molar-refractivity contribution in [3.8, 4) is 11.5 Å². The molecule has 0 aliphatic carbocycles. The normalized spacial score (nSPS) is 10.5. The van der Waals surface area contributed by atoms with Crippen molar-refractivity contribution in [1.29, 1.82) is 0 Å². The maximum atomic E-state index is 12.7. The summed E-state index contributed by atoms with van der Waals surface area (Å²) in [7, 11) is 3.25. The van der Waals surface area contributed by atoms with E-state index in [1.165, 1.54) is 0 Å². The summed E-state index contributed by atoms with van der Waals surface area (Å²) in [4.78, 5) is 12.7. The van der Waals surface area contributed by atoms with Gasteiger partial charge in [0.25, 0.3) is 0 Å². The van der Waals surface area contributed by atoms with Gasteiger partial charge in [0.1, 0.15) is 11.5 Å². The van der Waals surface area contributed by atoms with Gasteiger partial charge in [0.15, 0.2) is 0 Å². The van der Waals surface area contributed by atoms with Gasteiger partial charge in [0.05, 0.1) is 37.5 Å². The summed E-state index contributed by atoms with van der Waals surface area (Å²) in [6.45, 7) is 0.104. The number of carbonyl (C=O) groups excluding carboxylic acids is 1. The highest BCUT2D eigenvalue weighted by molar-refractivity contribution is 6.33. The van der Waals surface area contributed by atoms with Gasteiger partial charge in [-0.25, -0.2) is 0 Å². The fourth-order valence-corrected chi connectivity index (χ4v) is 3.15. The number of amides is 1. The van der Waals surface area contributed by atoms with Crippen molar-refractivity contribution in [3.63, 3.8) is 0 Å². The van der Waals surface area contributed by atoms with Gasteiger partial charge in [0, 0.05) is 0 Å². The Balaban J connectivity index is 1.78. The monoisotopic (exact) mass is 410 g/mol. The molecule has 0 aliphatic heterocycles. The smallest absolute Gasteiger partial charge is 0.240 e. The van der Waals surface area contributed by atoms with Crippen molar-refractivity contribution in [2.24, 2.45) is 0 Å². The molecule has 0 saturated carbocycles. The number of nitrogens with one attached hydrogen (secondary N) is 2. The first-order valence-corrected chi connectivity index (χ1v) is 9.54. The first-order valence-electron chi connectivity index (χ1n) is 9.16. The molecule has 150 valence electrons. The van der Waals surface area contributed by atoms with Crippen LogP contribution in [0.4, 0.5) is 5.69 Å². The van der Waals surface area contributed by atoms with Crippen LogP contribution in [-0.4, -0.2) is 26.7 Å². The van der Waals surface area contributed by atoms with Crippen LogP contribution in [0.15, 0.2) is 72.8 Å². The van der Waals surface area contributed by atoms with Crippen molar-refractivity contribution >= 4 is 23.2 Å². The van der Waals surface area contributed by atoms with Gasteiger partial charge in [0.2, 0.25) is 5.91 Å². The molecule has 0 saturated heterocycles. The van der Waals surface area contributed by atoms with Crippen LogP contribution in [0.1, 0.15) is 17.2 Å². The van der Waals surface area contributed by atoms with Crippen LogP contribution >= 0.6 is 11.6 Å². The Labute approximate surface area is 175 Å². The lowest BCUT2D eigenvalue weighted by molar-refractivity contribution is -0.119. The number of hydrogen-bond donors (Lipinski definition) is 2. The number of halogens is 1. The zero-order valence-electron chi connectivity index (χ0n) is 16.3. The number of methoxy groups -OCH3 is 2. The van der Waals surface area contributed by atoms with Gasteiger partial charge in [-0.1, -0.05) is 48.0 Å². The summed E-state index contributed by atoms with van der Waals surface area (Å²) < 4.78 is 10.5. The van der Waals surface area contributed by atoms with Gasteiger partial charge < -0.3 is 20.1 Å². The molecule has 3 aromatic carbocycles. The predicted octanol–water partition coefficient (Wildman–Crippen LogP) is 4.67. The summed E-state index contributed by atoms with van der Waals surface area (Å²) in [6.07, 6.45) is 0. The third-order valence-electron chi connectivity index (χ3n) is 4.52. The van der Waals surface area contributed by atoms with Crippen LogP contribution in [-0.2, 0) is 4.79 Å². The van der Waals surface area contributed by atoms with E-state index >= 15 is 0 Å². The fourth-order valence-electron chi connectivity index (χ4n) is 2.94. The largest absolute Gasteiger partial charge is 0.497 e. The van der Waals surface area contributed by atoms with Crippen LogP contribution < -0.4 is 20.1 Å². The van der Waals surface area contributed by atoms with E-state index in [2.05, 4.69) is 10.6 Å². The highest BCUT2D eigenvalue weighted by Crippen LogP contribution is 2.26. The second kappa shape index (κ2) is 9.85. The van der Waals surface area contributed by atoms with Gasteiger partial charge in [-0.05, 0) is 47.5 Å². The van der Waals surface area contributed by atoms with Crippen molar-refractivity contribution in [1.82, 2.24) is 5.32 Å². The molecule has 5 nitrogen and oxygen atoms in total. The Morgan fingerprint density at radius 1 is 0.862 bits per heavy atom. The maximum Gasteiger partial charge on any atom is 0.240 e. The minimum absolute atomic E-state index is 0.104. The van der Waals surface area contributed by atoms with Crippen LogP contribution in [0, 0.1) is 0 Å². The quantitative estimate of drug-likeness (QED) is 0.566. The molecule has 0 aromatic heterocycles. The SMILES string of the molecule is COc1ccc(C(NC(=O)CNc2ccccc2Cl)c2ccc(OC)cc2)cc1. The molecule has 0 atom stereocenters. The zero-order chi connectivity index (χ0) is 20.6. The number of carbonyl (C=O) groups is 1. The summed E-state index contributed by atoms with van der Waals surface area (Å²) in [6, 6.07) is 22.3. The Hall–Kier alpha value is -3.18. The number of rotatable bonds is 8. The van der Waals surface area contributed by atoms with E-state index in [-0.39, 0.29) is 18.5 Å². The topological polar surface area (TPSA) is 59.6 Å². The lowest BCUT2D eigenvalue weighted by Gasteiger charge is -2.21. The van der Waals surface area contributed by atoms with Gasteiger partial charge >= 0.3 is 0 Å². The molecular formula is C23H23ClN2O3. The molecule has 0 fully saturated rings. The number of anilines is 1. The number of benzene rings is 3. The van der Waals surface area contributed by atoms with E-state index in [0.717, 1.165) is 28.3 Å². The summed E-state index contributed by atoms with van der Waals surface area (Å²) in [5, 5.41) is 6.73. The van der Waals surface area contributed by atoms with Crippen LogP contribution in [0.3, 0.4) is 0 Å². The average molecular weight is 411 g/mol. The molecule has 0 bridgehead atoms. The van der Waals surface area contributed by atoms with Gasteiger partial charge in [-0.2, -0.15) is 0 Å². The molecule has 0 heterocycles. The second-order valence-electron chi connectivity index (χ2n) is 6.38. The van der Waals surface area contributed by atoms with Gasteiger partial charge in [-0.3, -0.25) is 4.79 Å². The zero-order valence-corrected chi connectivity index (χ0v) is 17.1. The van der Waals surface area contributed by atoms with Crippen molar-refractivity contribution in [2.75, 3.05) is 26.1 Å². The van der Waals surface area contributed by atoms with Crippen molar-refractivity contribution < 1.29 is 14.3 Å². The Morgan fingerprint density at radius 3 is 1.86 bits per heavy atom. The van der Waals surface area contributed by atoms with Crippen LogP contribution in [0.2, 0.25) is 5.02 Å². The second-order valence-corrected chi connectivity index (χ2v) is 6.79. The molecular weight excluding hydrogens is 388 g/mol. The molecule has 0 unspecified atom stereocenters. The maximum absolute atomic E-state index is 12.7. The van der Waals surface area contributed by atoms with Gasteiger partial charge in [-0.15, -0.1) is 0 Å². The molecule has 0 aliphatic rings. The molecule has 3 rings (SSSR count). The van der Waals surface area contributed by atoms with E-state index in [1.807, 2.05) is 66.7 Å². The van der Waals surface area contributed by atoms with E-state index in [4.69, 9.17) is 21.1 Å². The highest BCUT2D eigenvalue weighted by Gasteiger charge is 2.17. The lowest BCUT2D eigenvalue weighted by atomic mass is 9.98. The molecule has 1 amide bonds. The van der Waals surface area contributed by atoms with Crippen molar-refractivity contribution in [3.05, 3.63) is 88.9 Å². The molecule has 2 N–H and O–H groups in total. The van der Waals surface area contributed by atoms with E-state index in [1.54, 1.807) is 20.3 Å². The third-order valence-corrected chi connectivity index (χ3v) is 4.85. The molecule has 6 heteroatoms. The molecule has 3 aromatic rings. The Bertz CT molecular complexity index is 896. The van der Waals surface area contributed by atoms with Crippen molar-refractivity contribution in [2.45, 2.75) is 6.04 Å². The average Bonchev–Trinajstić information content (AvgIpc) is 2.77. The van der Waals surface area contributed by atoms with E-state index < -0.39 is 0 Å². The Morgan fingerprint density at radius 2 is 1.38 bits per heavy atom. The van der Waals surface area contributed by atoms with E-state index in [0.29, 0.717) is 5.02 Å². The third kappa shape index (κ3) is 5.42. The minimum atomic E-state index is -0.313. The number of ether oxygens (including phenoxy) is 2. The number of para-hydroxylation sites is 1. The molecule has 0 spiro atoms. The minimum Gasteiger partial charge on any atom is -0.497 e. The first kappa shape index (κ1) is 20.6. The summed E-state index contributed by atoms with van der Waals surface area (Å²) in [5.41, 5.74) is 2.61. The fraction of sp³-hybridized carbons (Fsp3) is 0.174. The van der Waals surface area contributed by atoms with Crippen LogP contribution in [0.25, 0.3) is 0 Å². The summed E-state index contributed by atoms with van der Waals surface area (Å²) >= 11 is 6.14.